The summed E-state index contributed by atoms with van der Waals surface area (Å²) in [6, 6.07) is 3.88. The Morgan fingerprint density at radius 2 is 2.13 bits per heavy atom. The lowest BCUT2D eigenvalue weighted by atomic mass is 9.91. The number of hydrogen-bond donors (Lipinski definition) is 0. The van der Waals surface area contributed by atoms with Gasteiger partial charge in [0.2, 0.25) is 0 Å². The predicted molar refractivity (Wildman–Crippen MR) is 109 cm³/mol. The van der Waals surface area contributed by atoms with Crippen molar-refractivity contribution in [3.05, 3.63) is 35.4 Å². The summed E-state index contributed by atoms with van der Waals surface area (Å²) < 4.78 is 17.6. The van der Waals surface area contributed by atoms with E-state index in [4.69, 9.17) is 14.0 Å². The van der Waals surface area contributed by atoms with E-state index in [0.29, 0.717) is 12.4 Å². The van der Waals surface area contributed by atoms with Crippen LogP contribution in [0.1, 0.15) is 35.8 Å². The second-order valence-corrected chi connectivity index (χ2v) is 7.73. The first-order chi connectivity index (χ1) is 14.5. The first-order valence-corrected chi connectivity index (χ1v) is 10.2. The third kappa shape index (κ3) is 4.36. The van der Waals surface area contributed by atoms with Crippen molar-refractivity contribution in [2.24, 2.45) is 0 Å². The molecule has 3 aromatic heterocycles. The van der Waals surface area contributed by atoms with Gasteiger partial charge in [-0.1, -0.05) is 5.16 Å². The molecule has 4 heterocycles. The van der Waals surface area contributed by atoms with Crippen molar-refractivity contribution in [1.29, 1.82) is 0 Å². The van der Waals surface area contributed by atoms with Crippen LogP contribution in [0, 0.1) is 13.8 Å². The minimum Gasteiger partial charge on any atom is -0.462 e. The third-order valence-corrected chi connectivity index (χ3v) is 5.33. The Labute approximate surface area is 175 Å². The summed E-state index contributed by atoms with van der Waals surface area (Å²) in [5.74, 6) is 0.630. The van der Waals surface area contributed by atoms with E-state index in [9.17, 15) is 4.79 Å². The van der Waals surface area contributed by atoms with Crippen LogP contribution in [-0.2, 0) is 14.3 Å². The summed E-state index contributed by atoms with van der Waals surface area (Å²) in [7, 11) is 1.59. The summed E-state index contributed by atoms with van der Waals surface area (Å²) in [6.45, 7) is 6.40. The van der Waals surface area contributed by atoms with Gasteiger partial charge in [0.15, 0.2) is 11.4 Å². The Hall–Kier alpha value is -2.78. The Bertz CT molecular complexity index is 1030. The Morgan fingerprint density at radius 3 is 2.90 bits per heavy atom. The minimum absolute atomic E-state index is 0.177. The van der Waals surface area contributed by atoms with Gasteiger partial charge in [-0.25, -0.2) is 9.50 Å². The molecule has 9 nitrogen and oxygen atoms in total. The number of piperidine rings is 1. The first-order valence-electron chi connectivity index (χ1n) is 10.2. The number of rotatable bonds is 7. The molecule has 1 fully saturated rings. The number of esters is 1. The fraction of sp³-hybridized carbons (Fsp3) is 0.524. The molecule has 1 aliphatic rings. The van der Waals surface area contributed by atoms with Crippen LogP contribution >= 0.6 is 0 Å². The van der Waals surface area contributed by atoms with Crippen LogP contribution in [0.5, 0.6) is 0 Å². The van der Waals surface area contributed by atoms with Crippen molar-refractivity contribution in [1.82, 2.24) is 24.7 Å². The standard InChI is InChI=1S/C21H27N5O4/c1-14-10-19-22-11-17(18-9-15(2)24-30-18)21(26(19)23-14)16-5-4-6-25(12-16)13-20(27)29-8-7-28-3/h9-11,16H,4-8,12-13H2,1-3H3. The van der Waals surface area contributed by atoms with Crippen LogP contribution in [0.25, 0.3) is 17.0 Å². The Kier molecular flexibility index (Phi) is 6.10. The number of aromatic nitrogens is 4. The molecular weight excluding hydrogens is 386 g/mol. The van der Waals surface area contributed by atoms with Crippen molar-refractivity contribution < 1.29 is 18.8 Å². The van der Waals surface area contributed by atoms with Gasteiger partial charge in [0.1, 0.15) is 6.61 Å². The zero-order valence-corrected chi connectivity index (χ0v) is 17.6. The van der Waals surface area contributed by atoms with E-state index >= 15 is 0 Å². The van der Waals surface area contributed by atoms with E-state index in [2.05, 4.69) is 20.1 Å². The predicted octanol–water partition coefficient (Wildman–Crippen LogP) is 2.37. The lowest BCUT2D eigenvalue weighted by Gasteiger charge is -2.32. The highest BCUT2D eigenvalue weighted by molar-refractivity contribution is 5.71. The molecular formula is C21H27N5O4. The molecule has 0 spiro atoms. The van der Waals surface area contributed by atoms with E-state index in [-0.39, 0.29) is 25.0 Å². The molecule has 0 aliphatic carbocycles. The quantitative estimate of drug-likeness (QED) is 0.430. The zero-order valence-electron chi connectivity index (χ0n) is 17.6. The highest BCUT2D eigenvalue weighted by Gasteiger charge is 2.29. The Balaban J connectivity index is 1.62. The van der Waals surface area contributed by atoms with E-state index in [1.54, 1.807) is 7.11 Å². The molecule has 30 heavy (non-hydrogen) atoms. The molecule has 0 amide bonds. The number of ether oxygens (including phenoxy) is 2. The number of fused-ring (bicyclic) bond motifs is 1. The average molecular weight is 413 g/mol. The molecule has 1 saturated heterocycles. The maximum Gasteiger partial charge on any atom is 0.320 e. The second-order valence-electron chi connectivity index (χ2n) is 7.73. The maximum atomic E-state index is 12.2. The van der Waals surface area contributed by atoms with E-state index in [1.807, 2.05) is 36.7 Å². The second kappa shape index (κ2) is 8.93. The number of aryl methyl sites for hydroxylation is 2. The molecule has 1 atom stereocenters. The lowest BCUT2D eigenvalue weighted by molar-refractivity contribution is -0.146. The first kappa shape index (κ1) is 20.5. The molecule has 0 radical (unpaired) electrons. The highest BCUT2D eigenvalue weighted by atomic mass is 16.6. The van der Waals surface area contributed by atoms with Crippen LogP contribution in [0.2, 0.25) is 0 Å². The number of methoxy groups -OCH3 is 1. The number of nitrogens with zero attached hydrogens (tertiary/aromatic N) is 5. The summed E-state index contributed by atoms with van der Waals surface area (Å²) >= 11 is 0. The number of carbonyl (C=O) groups is 1. The van der Waals surface area contributed by atoms with Crippen molar-refractivity contribution in [3.8, 4) is 11.3 Å². The van der Waals surface area contributed by atoms with Gasteiger partial charge in [0.25, 0.3) is 0 Å². The van der Waals surface area contributed by atoms with Crippen molar-refractivity contribution in [2.75, 3.05) is 40.0 Å². The minimum atomic E-state index is -0.228. The van der Waals surface area contributed by atoms with Gasteiger partial charge < -0.3 is 14.0 Å². The Morgan fingerprint density at radius 1 is 1.27 bits per heavy atom. The topological polar surface area (TPSA) is 95.0 Å². The molecule has 0 aromatic carbocycles. The smallest absolute Gasteiger partial charge is 0.320 e. The van der Waals surface area contributed by atoms with Gasteiger partial charge >= 0.3 is 5.97 Å². The lowest BCUT2D eigenvalue weighted by Crippen LogP contribution is -2.39. The van der Waals surface area contributed by atoms with Crippen molar-refractivity contribution >= 4 is 11.6 Å². The molecule has 3 aromatic rings. The monoisotopic (exact) mass is 413 g/mol. The normalized spacial score (nSPS) is 17.5. The van der Waals surface area contributed by atoms with Gasteiger partial charge in [-0.2, -0.15) is 5.10 Å². The molecule has 4 rings (SSSR count). The van der Waals surface area contributed by atoms with E-state index in [0.717, 1.165) is 54.2 Å². The van der Waals surface area contributed by atoms with Gasteiger partial charge in [-0.15, -0.1) is 0 Å². The van der Waals surface area contributed by atoms with Gasteiger partial charge in [-0.3, -0.25) is 9.69 Å². The van der Waals surface area contributed by atoms with Crippen LogP contribution in [0.4, 0.5) is 0 Å². The molecule has 9 heteroatoms. The molecule has 160 valence electrons. The molecule has 1 aliphatic heterocycles. The van der Waals surface area contributed by atoms with Crippen LogP contribution < -0.4 is 0 Å². The van der Waals surface area contributed by atoms with Crippen LogP contribution in [0.3, 0.4) is 0 Å². The summed E-state index contributed by atoms with van der Waals surface area (Å²) in [5.41, 5.74) is 4.46. The number of hydrogen-bond acceptors (Lipinski definition) is 8. The van der Waals surface area contributed by atoms with Crippen molar-refractivity contribution in [2.45, 2.75) is 32.6 Å². The summed E-state index contributed by atoms with van der Waals surface area (Å²) in [6.07, 6.45) is 3.81. The fourth-order valence-corrected chi connectivity index (χ4v) is 4.03. The van der Waals surface area contributed by atoms with E-state index in [1.165, 1.54) is 0 Å². The SMILES string of the molecule is COCCOC(=O)CN1CCCC(c2c(-c3cc(C)no3)cnc3cc(C)nn23)C1. The third-order valence-electron chi connectivity index (χ3n) is 5.33. The highest BCUT2D eigenvalue weighted by Crippen LogP contribution is 2.34. The molecule has 0 N–H and O–H groups in total. The summed E-state index contributed by atoms with van der Waals surface area (Å²) in [5, 5.41) is 8.73. The molecule has 0 saturated carbocycles. The fourth-order valence-electron chi connectivity index (χ4n) is 4.03. The maximum absolute atomic E-state index is 12.2. The van der Waals surface area contributed by atoms with Gasteiger partial charge in [0, 0.05) is 37.9 Å². The number of carbonyl (C=O) groups excluding carboxylic acids is 1. The zero-order chi connectivity index (χ0) is 21.1. The summed E-state index contributed by atoms with van der Waals surface area (Å²) in [4.78, 5) is 18.9. The van der Waals surface area contributed by atoms with Crippen molar-refractivity contribution in [3.63, 3.8) is 0 Å². The van der Waals surface area contributed by atoms with Gasteiger partial charge in [0.05, 0.1) is 35.8 Å². The van der Waals surface area contributed by atoms with Crippen LogP contribution in [-0.4, -0.2) is 70.6 Å². The molecule has 1 unspecified atom stereocenters. The largest absolute Gasteiger partial charge is 0.462 e. The van der Waals surface area contributed by atoms with Gasteiger partial charge in [-0.05, 0) is 33.2 Å². The average Bonchev–Trinajstić information content (AvgIpc) is 3.32. The number of likely N-dealkylation sites (tertiary alicyclic amines) is 1. The van der Waals surface area contributed by atoms with E-state index < -0.39 is 0 Å². The van der Waals surface area contributed by atoms with Crippen LogP contribution in [0.15, 0.2) is 22.9 Å². The molecule has 0 bridgehead atoms.